The van der Waals surface area contributed by atoms with Gasteiger partial charge in [-0.2, -0.15) is 0 Å². The number of anilines is 2. The number of amides is 2. The molecule has 1 aliphatic rings. The minimum atomic E-state index is -1.38. The molecule has 0 saturated heterocycles. The van der Waals surface area contributed by atoms with Gasteiger partial charge in [-0.1, -0.05) is 58.0 Å². The van der Waals surface area contributed by atoms with Gasteiger partial charge in [0.25, 0.3) is 5.91 Å². The maximum absolute atomic E-state index is 14.3. The second-order valence-corrected chi connectivity index (χ2v) is 11.2. The highest BCUT2D eigenvalue weighted by Gasteiger charge is 2.67. The van der Waals surface area contributed by atoms with Crippen LogP contribution in [0.25, 0.3) is 0 Å². The molecular weight excluding hydrogens is 603 g/mol. The van der Waals surface area contributed by atoms with E-state index in [0.717, 1.165) is 0 Å². The summed E-state index contributed by atoms with van der Waals surface area (Å²) < 4.78 is 12.9. The van der Waals surface area contributed by atoms with Gasteiger partial charge >= 0.3 is 0 Å². The monoisotopic (exact) mass is 612 g/mol. The summed E-state index contributed by atoms with van der Waals surface area (Å²) >= 11 is 42.6. The lowest BCUT2D eigenvalue weighted by Gasteiger charge is -2.11. The fourth-order valence-electron chi connectivity index (χ4n) is 3.63. The van der Waals surface area contributed by atoms with Gasteiger partial charge in [0.2, 0.25) is 5.91 Å². The van der Waals surface area contributed by atoms with Gasteiger partial charge in [0.1, 0.15) is 4.33 Å². The third-order valence-electron chi connectivity index (χ3n) is 5.34. The number of benzene rings is 3. The standard InChI is InChI=1S/C23H12Cl7FN2O2/c24-10-5-9(6-11(25)7-10)17-18(23(17,29)30)22(35)32-12-1-2-14(26)13(8-12)21(34)33-16-4-3-15(27)19(28)20(16)31/h1-8,17-18H,(H,32,35)(H,33,34)/t17-,18+/m0/s1. The zero-order valence-electron chi connectivity index (χ0n) is 17.1. The first-order valence-electron chi connectivity index (χ1n) is 9.79. The summed E-state index contributed by atoms with van der Waals surface area (Å²) in [6.45, 7) is 0. The molecule has 4 nitrogen and oxygen atoms in total. The normalized spacial score (nSPS) is 18.2. The summed E-state index contributed by atoms with van der Waals surface area (Å²) in [5.41, 5.74) is 0.655. The molecule has 12 heteroatoms. The number of nitrogens with one attached hydrogen (secondary N) is 2. The molecule has 0 aliphatic heterocycles. The molecule has 0 unspecified atom stereocenters. The summed E-state index contributed by atoms with van der Waals surface area (Å²) in [5.74, 6) is -3.46. The van der Waals surface area contributed by atoms with Crippen molar-refractivity contribution in [2.24, 2.45) is 5.92 Å². The van der Waals surface area contributed by atoms with Gasteiger partial charge in [0.05, 0.1) is 32.2 Å². The van der Waals surface area contributed by atoms with Gasteiger partial charge in [-0.25, -0.2) is 4.39 Å². The smallest absolute Gasteiger partial charge is 0.257 e. The average molecular weight is 616 g/mol. The molecule has 0 heterocycles. The summed E-state index contributed by atoms with van der Waals surface area (Å²) in [5, 5.41) is 5.57. The van der Waals surface area contributed by atoms with Crippen molar-refractivity contribution in [2.45, 2.75) is 10.3 Å². The zero-order chi connectivity index (χ0) is 25.7. The van der Waals surface area contributed by atoms with E-state index >= 15 is 0 Å². The van der Waals surface area contributed by atoms with Gasteiger partial charge in [-0.15, -0.1) is 23.2 Å². The Bertz CT molecular complexity index is 1350. The Morgan fingerprint density at radius 1 is 0.829 bits per heavy atom. The number of carbonyl (C=O) groups excluding carboxylic acids is 2. The third-order valence-corrected chi connectivity index (χ3v) is 7.83. The van der Waals surface area contributed by atoms with Gasteiger partial charge in [0, 0.05) is 21.7 Å². The molecular formula is C23H12Cl7FN2O2. The first-order chi connectivity index (χ1) is 16.4. The molecule has 1 saturated carbocycles. The van der Waals surface area contributed by atoms with Crippen molar-refractivity contribution in [3.8, 4) is 0 Å². The Morgan fingerprint density at radius 2 is 1.46 bits per heavy atom. The topological polar surface area (TPSA) is 58.2 Å². The van der Waals surface area contributed by atoms with Crippen molar-refractivity contribution in [3.63, 3.8) is 0 Å². The highest BCUT2D eigenvalue weighted by Crippen LogP contribution is 2.65. The Kier molecular flexibility index (Phi) is 7.71. The predicted octanol–water partition coefficient (Wildman–Crippen LogP) is 8.87. The molecule has 3 aromatic rings. The van der Waals surface area contributed by atoms with Gasteiger partial charge in [-0.05, 0) is 54.1 Å². The second-order valence-electron chi connectivity index (χ2n) is 7.69. The van der Waals surface area contributed by atoms with Crippen LogP contribution in [0.3, 0.4) is 0 Å². The molecule has 182 valence electrons. The highest BCUT2D eigenvalue weighted by atomic mass is 35.5. The largest absolute Gasteiger partial charge is 0.326 e. The predicted molar refractivity (Wildman–Crippen MR) is 142 cm³/mol. The van der Waals surface area contributed by atoms with Crippen molar-refractivity contribution >= 4 is 104 Å². The van der Waals surface area contributed by atoms with Crippen LogP contribution in [0.1, 0.15) is 21.8 Å². The summed E-state index contributed by atoms with van der Waals surface area (Å²) in [7, 11) is 0. The fraction of sp³-hybridized carbons (Fsp3) is 0.130. The van der Waals surface area contributed by atoms with E-state index < -0.39 is 33.8 Å². The van der Waals surface area contributed by atoms with E-state index in [0.29, 0.717) is 15.6 Å². The number of halogens is 8. The lowest BCUT2D eigenvalue weighted by atomic mass is 10.1. The number of carbonyl (C=O) groups is 2. The van der Waals surface area contributed by atoms with Gasteiger partial charge < -0.3 is 10.6 Å². The van der Waals surface area contributed by atoms with E-state index in [9.17, 15) is 14.0 Å². The molecule has 2 atom stereocenters. The SMILES string of the molecule is O=C(Nc1ccc(Cl)c(Cl)c1F)c1cc(NC(=O)[C@H]2[C@H](c3cc(Cl)cc(Cl)c3)C2(Cl)Cl)ccc1Cl. The maximum Gasteiger partial charge on any atom is 0.257 e. The zero-order valence-corrected chi connectivity index (χ0v) is 22.4. The number of rotatable bonds is 5. The van der Waals surface area contributed by atoms with Crippen LogP contribution in [0.4, 0.5) is 15.8 Å². The molecule has 3 aromatic carbocycles. The average Bonchev–Trinajstić information content (AvgIpc) is 3.36. The Hall–Kier alpha value is -1.44. The lowest BCUT2D eigenvalue weighted by Crippen LogP contribution is -2.18. The van der Waals surface area contributed by atoms with Crippen molar-refractivity contribution in [1.29, 1.82) is 0 Å². The van der Waals surface area contributed by atoms with E-state index in [1.165, 1.54) is 30.3 Å². The van der Waals surface area contributed by atoms with Crippen LogP contribution in [0.2, 0.25) is 25.1 Å². The minimum Gasteiger partial charge on any atom is -0.326 e. The highest BCUT2D eigenvalue weighted by molar-refractivity contribution is 6.53. The first-order valence-corrected chi connectivity index (χ1v) is 12.4. The molecule has 4 rings (SSSR count). The molecule has 2 N–H and O–H groups in total. The van der Waals surface area contributed by atoms with E-state index in [-0.39, 0.29) is 32.0 Å². The fourth-order valence-corrected chi connectivity index (χ4v) is 5.52. The number of alkyl halides is 2. The Morgan fingerprint density at radius 3 is 2.11 bits per heavy atom. The molecule has 35 heavy (non-hydrogen) atoms. The van der Waals surface area contributed by atoms with Crippen LogP contribution in [0, 0.1) is 11.7 Å². The van der Waals surface area contributed by atoms with Crippen LogP contribution < -0.4 is 10.6 Å². The quantitative estimate of drug-likeness (QED) is 0.223. The lowest BCUT2D eigenvalue weighted by molar-refractivity contribution is -0.117. The van der Waals surface area contributed by atoms with Gasteiger partial charge in [0.15, 0.2) is 5.82 Å². The Balaban J connectivity index is 1.52. The summed E-state index contributed by atoms with van der Waals surface area (Å²) in [4.78, 5) is 25.7. The molecule has 1 aliphatic carbocycles. The number of hydrogen-bond acceptors (Lipinski definition) is 2. The van der Waals surface area contributed by atoms with E-state index in [2.05, 4.69) is 10.6 Å². The first kappa shape index (κ1) is 26.6. The van der Waals surface area contributed by atoms with Gasteiger partial charge in [-0.3, -0.25) is 9.59 Å². The van der Waals surface area contributed by atoms with E-state index in [1.807, 2.05) is 0 Å². The molecule has 0 spiro atoms. The van der Waals surface area contributed by atoms with Crippen molar-refractivity contribution in [2.75, 3.05) is 10.6 Å². The second kappa shape index (κ2) is 10.1. The van der Waals surface area contributed by atoms with Crippen molar-refractivity contribution < 1.29 is 14.0 Å². The maximum atomic E-state index is 14.3. The number of hydrogen-bond donors (Lipinski definition) is 2. The summed E-state index contributed by atoms with van der Waals surface area (Å²) in [6, 6.07) is 11.7. The van der Waals surface area contributed by atoms with Crippen molar-refractivity contribution in [1.82, 2.24) is 0 Å². The van der Waals surface area contributed by atoms with Crippen LogP contribution >= 0.6 is 81.2 Å². The van der Waals surface area contributed by atoms with Crippen LogP contribution in [0.15, 0.2) is 48.5 Å². The molecule has 0 bridgehead atoms. The van der Waals surface area contributed by atoms with E-state index in [4.69, 9.17) is 81.2 Å². The molecule has 0 radical (unpaired) electrons. The Labute approximate surface area is 234 Å². The van der Waals surface area contributed by atoms with E-state index in [1.54, 1.807) is 18.2 Å². The molecule has 1 fully saturated rings. The third kappa shape index (κ3) is 5.47. The van der Waals surface area contributed by atoms with Crippen LogP contribution in [-0.4, -0.2) is 16.1 Å². The summed E-state index contributed by atoms with van der Waals surface area (Å²) in [6.07, 6.45) is 0. The van der Waals surface area contributed by atoms with Crippen molar-refractivity contribution in [3.05, 3.63) is 90.6 Å². The molecule has 0 aromatic heterocycles. The minimum absolute atomic E-state index is 0.00186. The van der Waals surface area contributed by atoms with Crippen LogP contribution in [-0.2, 0) is 4.79 Å². The van der Waals surface area contributed by atoms with Crippen LogP contribution in [0.5, 0.6) is 0 Å². The molecule has 2 amide bonds.